The molecule has 0 aromatic carbocycles. The van der Waals surface area contributed by atoms with Crippen molar-refractivity contribution in [2.24, 2.45) is 0 Å². The summed E-state index contributed by atoms with van der Waals surface area (Å²) in [6.45, 7) is 0.607. The molecular formula is C10H16N2O2. The van der Waals surface area contributed by atoms with Gasteiger partial charge in [0.05, 0.1) is 0 Å². The van der Waals surface area contributed by atoms with Crippen LogP contribution in [-0.4, -0.2) is 37.2 Å². The number of hydrogen-bond acceptors (Lipinski definition) is 3. The Balaban J connectivity index is 2.19. The van der Waals surface area contributed by atoms with Gasteiger partial charge in [-0.3, -0.25) is 9.59 Å². The average molecular weight is 196 g/mol. The maximum Gasteiger partial charge on any atom is 0.223 e. The van der Waals surface area contributed by atoms with Gasteiger partial charge in [0.15, 0.2) is 5.78 Å². The third kappa shape index (κ3) is 3.20. The highest BCUT2D eigenvalue weighted by Crippen LogP contribution is 2.11. The highest BCUT2D eigenvalue weighted by atomic mass is 16.2. The maximum absolute atomic E-state index is 11.2. The summed E-state index contributed by atoms with van der Waals surface area (Å²) >= 11 is 0. The minimum absolute atomic E-state index is 0.0995. The van der Waals surface area contributed by atoms with Gasteiger partial charge in [0.25, 0.3) is 0 Å². The molecule has 0 heterocycles. The van der Waals surface area contributed by atoms with Crippen molar-refractivity contribution < 1.29 is 9.59 Å². The van der Waals surface area contributed by atoms with E-state index < -0.39 is 0 Å². The van der Waals surface area contributed by atoms with E-state index in [1.165, 1.54) is 0 Å². The van der Waals surface area contributed by atoms with Gasteiger partial charge in [-0.25, -0.2) is 0 Å². The Morgan fingerprint density at radius 1 is 1.50 bits per heavy atom. The number of carbonyl (C=O) groups excluding carboxylic acids is 2. The van der Waals surface area contributed by atoms with Crippen LogP contribution in [0.5, 0.6) is 0 Å². The van der Waals surface area contributed by atoms with E-state index in [4.69, 9.17) is 0 Å². The first-order valence-electron chi connectivity index (χ1n) is 4.77. The van der Waals surface area contributed by atoms with Gasteiger partial charge in [-0.05, 0) is 6.42 Å². The van der Waals surface area contributed by atoms with E-state index in [0.717, 1.165) is 12.1 Å². The van der Waals surface area contributed by atoms with Crippen molar-refractivity contribution in [3.8, 4) is 0 Å². The van der Waals surface area contributed by atoms with Gasteiger partial charge in [-0.15, -0.1) is 0 Å². The number of ketones is 1. The van der Waals surface area contributed by atoms with Crippen LogP contribution < -0.4 is 5.32 Å². The minimum atomic E-state index is 0.0995. The predicted molar refractivity (Wildman–Crippen MR) is 53.6 cm³/mol. The second-order valence-electron chi connectivity index (χ2n) is 3.60. The molecule has 14 heavy (non-hydrogen) atoms. The molecule has 1 amide bonds. The molecule has 0 aliphatic heterocycles. The molecule has 4 nitrogen and oxygen atoms in total. The molecule has 0 bridgehead atoms. The van der Waals surface area contributed by atoms with Gasteiger partial charge in [0.1, 0.15) is 0 Å². The predicted octanol–water partition coefficient (Wildman–Crippen LogP) is 0.301. The molecule has 0 unspecified atom stereocenters. The smallest absolute Gasteiger partial charge is 0.223 e. The SMILES string of the molecule is CN(C)C(=O)CCNC1=CC(=O)CC1. The molecular weight excluding hydrogens is 180 g/mol. The first kappa shape index (κ1) is 10.8. The molecule has 0 atom stereocenters. The first-order chi connectivity index (χ1) is 6.59. The molecule has 0 spiro atoms. The van der Waals surface area contributed by atoms with Gasteiger partial charge < -0.3 is 10.2 Å². The Labute approximate surface area is 84.0 Å². The first-order valence-corrected chi connectivity index (χ1v) is 4.77. The molecule has 1 rings (SSSR count). The van der Waals surface area contributed by atoms with Crippen LogP contribution in [0.1, 0.15) is 19.3 Å². The summed E-state index contributed by atoms with van der Waals surface area (Å²) in [6.07, 6.45) is 3.48. The zero-order chi connectivity index (χ0) is 10.6. The Bertz CT molecular complexity index is 269. The Morgan fingerprint density at radius 2 is 2.21 bits per heavy atom. The summed E-state index contributed by atoms with van der Waals surface area (Å²) < 4.78 is 0. The maximum atomic E-state index is 11.2. The third-order valence-electron chi connectivity index (χ3n) is 2.17. The topological polar surface area (TPSA) is 49.4 Å². The van der Waals surface area contributed by atoms with Crippen LogP contribution in [0.2, 0.25) is 0 Å². The lowest BCUT2D eigenvalue weighted by molar-refractivity contribution is -0.128. The van der Waals surface area contributed by atoms with Crippen molar-refractivity contribution >= 4 is 11.7 Å². The van der Waals surface area contributed by atoms with Crippen molar-refractivity contribution in [3.63, 3.8) is 0 Å². The van der Waals surface area contributed by atoms with Crippen LogP contribution >= 0.6 is 0 Å². The molecule has 1 N–H and O–H groups in total. The standard InChI is InChI=1S/C10H16N2O2/c1-12(2)10(14)5-6-11-8-3-4-9(13)7-8/h7,11H,3-6H2,1-2H3. The number of carbonyl (C=O) groups is 2. The molecule has 1 aliphatic carbocycles. The van der Waals surface area contributed by atoms with Crippen molar-refractivity contribution in [1.82, 2.24) is 10.2 Å². The molecule has 0 fully saturated rings. The van der Waals surface area contributed by atoms with Crippen molar-refractivity contribution in [3.05, 3.63) is 11.8 Å². The van der Waals surface area contributed by atoms with Crippen molar-refractivity contribution in [2.45, 2.75) is 19.3 Å². The Morgan fingerprint density at radius 3 is 2.71 bits per heavy atom. The zero-order valence-corrected chi connectivity index (χ0v) is 8.67. The van der Waals surface area contributed by atoms with Crippen LogP contribution in [-0.2, 0) is 9.59 Å². The van der Waals surface area contributed by atoms with Crippen molar-refractivity contribution in [2.75, 3.05) is 20.6 Å². The van der Waals surface area contributed by atoms with E-state index in [9.17, 15) is 9.59 Å². The highest BCUT2D eigenvalue weighted by Gasteiger charge is 2.11. The molecule has 0 saturated heterocycles. The van der Waals surface area contributed by atoms with Crippen LogP contribution in [0, 0.1) is 0 Å². The number of hydrogen-bond donors (Lipinski definition) is 1. The summed E-state index contributed by atoms with van der Waals surface area (Å²) in [5.41, 5.74) is 0.960. The summed E-state index contributed by atoms with van der Waals surface area (Å²) in [5.74, 6) is 0.272. The molecule has 0 aromatic heterocycles. The van der Waals surface area contributed by atoms with Gasteiger partial charge in [-0.1, -0.05) is 0 Å². The molecule has 4 heteroatoms. The van der Waals surface area contributed by atoms with Crippen molar-refractivity contribution in [1.29, 1.82) is 0 Å². The van der Waals surface area contributed by atoms with Crippen LogP contribution in [0.3, 0.4) is 0 Å². The normalized spacial score (nSPS) is 15.3. The lowest BCUT2D eigenvalue weighted by Gasteiger charge is -2.11. The number of amides is 1. The van der Waals surface area contributed by atoms with Gasteiger partial charge in [0.2, 0.25) is 5.91 Å². The van der Waals surface area contributed by atoms with Gasteiger partial charge in [0, 0.05) is 45.3 Å². The highest BCUT2D eigenvalue weighted by molar-refractivity contribution is 5.92. The fraction of sp³-hybridized carbons (Fsp3) is 0.600. The molecule has 0 radical (unpaired) electrons. The second kappa shape index (κ2) is 4.79. The van der Waals surface area contributed by atoms with E-state index in [-0.39, 0.29) is 11.7 Å². The molecule has 78 valence electrons. The van der Waals surface area contributed by atoms with E-state index >= 15 is 0 Å². The number of rotatable bonds is 4. The summed E-state index contributed by atoms with van der Waals surface area (Å²) in [6, 6.07) is 0. The van der Waals surface area contributed by atoms with E-state index in [1.807, 2.05) is 0 Å². The third-order valence-corrected chi connectivity index (χ3v) is 2.17. The fourth-order valence-corrected chi connectivity index (χ4v) is 1.29. The zero-order valence-electron chi connectivity index (χ0n) is 8.67. The quantitative estimate of drug-likeness (QED) is 0.703. The Hall–Kier alpha value is -1.32. The lowest BCUT2D eigenvalue weighted by Crippen LogP contribution is -2.26. The second-order valence-corrected chi connectivity index (χ2v) is 3.60. The number of nitrogens with one attached hydrogen (secondary N) is 1. The van der Waals surface area contributed by atoms with E-state index in [2.05, 4.69) is 5.32 Å². The fourth-order valence-electron chi connectivity index (χ4n) is 1.29. The molecule has 0 saturated carbocycles. The average Bonchev–Trinajstić information content (AvgIpc) is 2.51. The Kier molecular flexibility index (Phi) is 3.68. The number of allylic oxidation sites excluding steroid dienone is 2. The van der Waals surface area contributed by atoms with Crippen LogP contribution in [0.25, 0.3) is 0 Å². The van der Waals surface area contributed by atoms with E-state index in [0.29, 0.717) is 19.4 Å². The largest absolute Gasteiger partial charge is 0.388 e. The molecule has 0 aromatic rings. The van der Waals surface area contributed by atoms with Crippen LogP contribution in [0.4, 0.5) is 0 Å². The molecule has 1 aliphatic rings. The lowest BCUT2D eigenvalue weighted by atomic mass is 10.3. The monoisotopic (exact) mass is 196 g/mol. The number of nitrogens with zero attached hydrogens (tertiary/aromatic N) is 1. The minimum Gasteiger partial charge on any atom is -0.388 e. The summed E-state index contributed by atoms with van der Waals surface area (Å²) in [4.78, 5) is 23.6. The van der Waals surface area contributed by atoms with Crippen LogP contribution in [0.15, 0.2) is 11.8 Å². The van der Waals surface area contributed by atoms with E-state index in [1.54, 1.807) is 25.1 Å². The van der Waals surface area contributed by atoms with Gasteiger partial charge in [-0.2, -0.15) is 0 Å². The van der Waals surface area contributed by atoms with Gasteiger partial charge >= 0.3 is 0 Å². The summed E-state index contributed by atoms with van der Waals surface area (Å²) in [5, 5.41) is 3.09. The summed E-state index contributed by atoms with van der Waals surface area (Å²) in [7, 11) is 3.47.